The molecular weight excluding hydrogens is 212 g/mol. The van der Waals surface area contributed by atoms with Crippen LogP contribution in [0, 0.1) is 6.92 Å². The third-order valence-corrected chi connectivity index (χ3v) is 2.83. The number of hydrogen-bond acceptors (Lipinski definition) is 3. The molecule has 0 saturated carbocycles. The summed E-state index contributed by atoms with van der Waals surface area (Å²) in [5, 5.41) is 4.47. The zero-order valence-electron chi connectivity index (χ0n) is 9.46. The van der Waals surface area contributed by atoms with Crippen LogP contribution in [-0.2, 0) is 0 Å². The van der Waals surface area contributed by atoms with Gasteiger partial charge in [-0.25, -0.2) is 9.50 Å². The van der Waals surface area contributed by atoms with E-state index in [1.54, 1.807) is 10.7 Å². The molecule has 0 fully saturated rings. The normalized spacial score (nSPS) is 10.9. The molecule has 0 aliphatic rings. The Labute approximate surface area is 98.7 Å². The molecule has 0 atom stereocenters. The van der Waals surface area contributed by atoms with Gasteiger partial charge in [-0.15, -0.1) is 0 Å². The number of aromatic nitrogens is 3. The molecule has 0 spiro atoms. The molecule has 4 nitrogen and oxygen atoms in total. The Bertz CT molecular complexity index is 685. The number of nitrogen functional groups attached to an aromatic ring is 1. The SMILES string of the molecule is Cc1ccccc1-c1nn2cccnc2c1N. The van der Waals surface area contributed by atoms with Gasteiger partial charge in [-0.1, -0.05) is 24.3 Å². The van der Waals surface area contributed by atoms with Crippen molar-refractivity contribution in [3.63, 3.8) is 0 Å². The second kappa shape index (κ2) is 3.59. The van der Waals surface area contributed by atoms with Gasteiger partial charge in [0, 0.05) is 18.0 Å². The number of nitrogens with zero attached hydrogens (tertiary/aromatic N) is 3. The van der Waals surface area contributed by atoms with Gasteiger partial charge in [0.15, 0.2) is 5.65 Å². The number of hydrogen-bond donors (Lipinski definition) is 1. The molecule has 4 heteroatoms. The number of anilines is 1. The molecule has 0 saturated heterocycles. The molecule has 3 aromatic rings. The van der Waals surface area contributed by atoms with Gasteiger partial charge in [0.1, 0.15) is 11.4 Å². The molecule has 3 rings (SSSR count). The van der Waals surface area contributed by atoms with Crippen LogP contribution < -0.4 is 5.73 Å². The Morgan fingerprint density at radius 1 is 1.18 bits per heavy atom. The first-order valence-electron chi connectivity index (χ1n) is 5.42. The van der Waals surface area contributed by atoms with E-state index in [0.29, 0.717) is 11.3 Å². The molecule has 0 bridgehead atoms. The van der Waals surface area contributed by atoms with Gasteiger partial charge >= 0.3 is 0 Å². The highest BCUT2D eigenvalue weighted by molar-refractivity contribution is 5.84. The summed E-state index contributed by atoms with van der Waals surface area (Å²) in [6, 6.07) is 9.89. The lowest BCUT2D eigenvalue weighted by Gasteiger charge is -2.01. The van der Waals surface area contributed by atoms with Crippen molar-refractivity contribution < 1.29 is 0 Å². The first kappa shape index (κ1) is 9.84. The maximum absolute atomic E-state index is 6.09. The minimum absolute atomic E-state index is 0.625. The van der Waals surface area contributed by atoms with E-state index in [2.05, 4.69) is 10.1 Å². The molecule has 1 aromatic carbocycles. The average Bonchev–Trinajstić information content (AvgIpc) is 2.68. The second-order valence-corrected chi connectivity index (χ2v) is 3.97. The van der Waals surface area contributed by atoms with Gasteiger partial charge in [-0.05, 0) is 18.6 Å². The summed E-state index contributed by atoms with van der Waals surface area (Å²) in [4.78, 5) is 4.23. The molecule has 0 radical (unpaired) electrons. The van der Waals surface area contributed by atoms with Gasteiger partial charge in [0.2, 0.25) is 0 Å². The highest BCUT2D eigenvalue weighted by Crippen LogP contribution is 2.29. The van der Waals surface area contributed by atoms with Crippen LogP contribution in [-0.4, -0.2) is 14.6 Å². The number of fused-ring (bicyclic) bond motifs is 1. The van der Waals surface area contributed by atoms with Crippen molar-refractivity contribution in [2.75, 3.05) is 5.73 Å². The zero-order valence-corrected chi connectivity index (χ0v) is 9.46. The third-order valence-electron chi connectivity index (χ3n) is 2.83. The fraction of sp³-hybridized carbons (Fsp3) is 0.0769. The summed E-state index contributed by atoms with van der Waals surface area (Å²) in [7, 11) is 0. The lowest BCUT2D eigenvalue weighted by Crippen LogP contribution is -1.90. The maximum atomic E-state index is 6.09. The van der Waals surface area contributed by atoms with Crippen molar-refractivity contribution in [2.24, 2.45) is 0 Å². The van der Waals surface area contributed by atoms with Crippen molar-refractivity contribution in [1.82, 2.24) is 14.6 Å². The van der Waals surface area contributed by atoms with Crippen LogP contribution >= 0.6 is 0 Å². The second-order valence-electron chi connectivity index (χ2n) is 3.97. The molecule has 0 aliphatic heterocycles. The highest BCUT2D eigenvalue weighted by Gasteiger charge is 2.13. The first-order valence-corrected chi connectivity index (χ1v) is 5.42. The molecule has 2 aromatic heterocycles. The first-order chi connectivity index (χ1) is 8.27. The van der Waals surface area contributed by atoms with Gasteiger partial charge in [-0.2, -0.15) is 5.10 Å². The summed E-state index contributed by atoms with van der Waals surface area (Å²) >= 11 is 0. The van der Waals surface area contributed by atoms with Gasteiger partial charge in [0.25, 0.3) is 0 Å². The highest BCUT2D eigenvalue weighted by atomic mass is 15.3. The minimum atomic E-state index is 0.625. The van der Waals surface area contributed by atoms with Crippen molar-refractivity contribution in [3.8, 4) is 11.3 Å². The lowest BCUT2D eigenvalue weighted by atomic mass is 10.1. The minimum Gasteiger partial charge on any atom is -0.394 e. The molecule has 0 amide bonds. The lowest BCUT2D eigenvalue weighted by molar-refractivity contribution is 0.943. The summed E-state index contributed by atoms with van der Waals surface area (Å²) in [6.07, 6.45) is 3.56. The van der Waals surface area contributed by atoms with Gasteiger partial charge in [0.05, 0.1) is 0 Å². The van der Waals surface area contributed by atoms with E-state index >= 15 is 0 Å². The smallest absolute Gasteiger partial charge is 0.178 e. The largest absolute Gasteiger partial charge is 0.394 e. The van der Waals surface area contributed by atoms with Crippen LogP contribution in [0.1, 0.15) is 5.56 Å². The number of nitrogens with two attached hydrogens (primary N) is 1. The van der Waals surface area contributed by atoms with Crippen molar-refractivity contribution >= 4 is 11.3 Å². The van der Waals surface area contributed by atoms with Crippen LogP contribution in [0.4, 0.5) is 5.69 Å². The average molecular weight is 224 g/mol. The fourth-order valence-electron chi connectivity index (χ4n) is 1.94. The van der Waals surface area contributed by atoms with Crippen LogP contribution in [0.5, 0.6) is 0 Å². The summed E-state index contributed by atoms with van der Waals surface area (Å²) < 4.78 is 1.71. The molecule has 0 aliphatic carbocycles. The number of rotatable bonds is 1. The van der Waals surface area contributed by atoms with E-state index in [1.807, 2.05) is 43.5 Å². The quantitative estimate of drug-likeness (QED) is 0.690. The van der Waals surface area contributed by atoms with Gasteiger partial charge in [-0.3, -0.25) is 0 Å². The predicted molar refractivity (Wildman–Crippen MR) is 67.6 cm³/mol. The van der Waals surface area contributed by atoms with E-state index in [1.165, 1.54) is 0 Å². The Balaban J connectivity index is 2.32. The summed E-state index contributed by atoms with van der Waals surface area (Å²) in [5.41, 5.74) is 10.4. The third kappa shape index (κ3) is 1.45. The fourth-order valence-corrected chi connectivity index (χ4v) is 1.94. The van der Waals surface area contributed by atoms with Crippen molar-refractivity contribution in [3.05, 3.63) is 48.3 Å². The van der Waals surface area contributed by atoms with Crippen LogP contribution in [0.15, 0.2) is 42.7 Å². The Morgan fingerprint density at radius 2 is 2.00 bits per heavy atom. The van der Waals surface area contributed by atoms with Crippen LogP contribution in [0.25, 0.3) is 16.9 Å². The molecule has 0 unspecified atom stereocenters. The molecule has 17 heavy (non-hydrogen) atoms. The maximum Gasteiger partial charge on any atom is 0.178 e. The number of aryl methyl sites for hydroxylation is 1. The molecular formula is C13H12N4. The predicted octanol–water partition coefficient (Wildman–Crippen LogP) is 2.29. The zero-order chi connectivity index (χ0) is 11.8. The van der Waals surface area contributed by atoms with Gasteiger partial charge < -0.3 is 5.73 Å². The topological polar surface area (TPSA) is 56.2 Å². The van der Waals surface area contributed by atoms with Crippen molar-refractivity contribution in [2.45, 2.75) is 6.92 Å². The summed E-state index contributed by atoms with van der Waals surface area (Å²) in [6.45, 7) is 2.05. The van der Waals surface area contributed by atoms with E-state index in [4.69, 9.17) is 5.73 Å². The monoisotopic (exact) mass is 224 g/mol. The van der Waals surface area contributed by atoms with E-state index in [9.17, 15) is 0 Å². The van der Waals surface area contributed by atoms with E-state index in [0.717, 1.165) is 16.8 Å². The molecule has 84 valence electrons. The standard InChI is InChI=1S/C13H12N4/c1-9-5-2-3-6-10(9)12-11(14)13-15-7-4-8-17(13)16-12/h2-8H,14H2,1H3. The summed E-state index contributed by atoms with van der Waals surface area (Å²) in [5.74, 6) is 0. The Kier molecular flexibility index (Phi) is 2.08. The Morgan fingerprint density at radius 3 is 2.76 bits per heavy atom. The molecule has 2 heterocycles. The van der Waals surface area contributed by atoms with E-state index < -0.39 is 0 Å². The van der Waals surface area contributed by atoms with Crippen LogP contribution in [0.3, 0.4) is 0 Å². The van der Waals surface area contributed by atoms with E-state index in [-0.39, 0.29) is 0 Å². The number of benzene rings is 1. The molecule has 2 N–H and O–H groups in total. The van der Waals surface area contributed by atoms with Crippen molar-refractivity contribution in [1.29, 1.82) is 0 Å². The Hall–Kier alpha value is -2.36. The van der Waals surface area contributed by atoms with Crippen LogP contribution in [0.2, 0.25) is 0 Å².